The normalized spacial score (nSPS) is 18.1. The molecule has 1 unspecified atom stereocenters. The molecule has 1 saturated heterocycles. The summed E-state index contributed by atoms with van der Waals surface area (Å²) in [5, 5.41) is 9.33. The molecule has 20 heavy (non-hydrogen) atoms. The summed E-state index contributed by atoms with van der Waals surface area (Å²) in [6, 6.07) is 6.26. The molecule has 110 valence electrons. The van der Waals surface area contributed by atoms with E-state index in [0.29, 0.717) is 13.1 Å². The Balaban J connectivity index is 1.92. The van der Waals surface area contributed by atoms with Gasteiger partial charge in [0.05, 0.1) is 0 Å². The van der Waals surface area contributed by atoms with Crippen molar-refractivity contribution in [1.29, 1.82) is 0 Å². The molecule has 0 aliphatic carbocycles. The minimum atomic E-state index is -0.895. The number of aliphatic hydroxyl groups excluding tert-OH is 1. The molecule has 0 saturated carbocycles. The van der Waals surface area contributed by atoms with Gasteiger partial charge in [-0.2, -0.15) is 0 Å². The van der Waals surface area contributed by atoms with E-state index in [1.807, 2.05) is 0 Å². The van der Waals surface area contributed by atoms with Crippen molar-refractivity contribution < 1.29 is 9.90 Å². The molecule has 2 rings (SSSR count). The molecule has 0 aromatic heterocycles. The Bertz CT molecular complexity index is 483. The zero-order valence-electron chi connectivity index (χ0n) is 12.0. The molecule has 1 aromatic rings. The molecule has 1 aromatic carbocycles. The van der Waals surface area contributed by atoms with Crippen molar-refractivity contribution in [3.8, 4) is 0 Å². The molecule has 1 atom stereocenters. The number of benzene rings is 1. The summed E-state index contributed by atoms with van der Waals surface area (Å²) in [4.78, 5) is 15.8. The van der Waals surface area contributed by atoms with E-state index >= 15 is 0 Å². The lowest BCUT2D eigenvalue weighted by Crippen LogP contribution is -2.50. The summed E-state index contributed by atoms with van der Waals surface area (Å²) in [5.74, 6) is -0.164. The molecule has 1 amide bonds. The predicted octanol–water partition coefficient (Wildman–Crippen LogP) is 1.78. The Kier molecular flexibility index (Phi) is 5.18. The number of halogens is 1. The van der Waals surface area contributed by atoms with Crippen LogP contribution in [0.1, 0.15) is 18.1 Å². The van der Waals surface area contributed by atoms with Gasteiger partial charge in [-0.05, 0) is 31.0 Å². The number of hydrogen-bond donors (Lipinski definition) is 1. The van der Waals surface area contributed by atoms with Crippen LogP contribution in [0.25, 0.3) is 0 Å². The molecular weight excluding hydrogens is 320 g/mol. The second-order valence-corrected chi connectivity index (χ2v) is 6.16. The Morgan fingerprint density at radius 1 is 1.35 bits per heavy atom. The highest BCUT2D eigenvalue weighted by Crippen LogP contribution is 2.21. The van der Waals surface area contributed by atoms with Gasteiger partial charge in [0.25, 0.3) is 5.91 Å². The minimum absolute atomic E-state index is 0.164. The van der Waals surface area contributed by atoms with Crippen LogP contribution in [0.3, 0.4) is 0 Å². The van der Waals surface area contributed by atoms with Gasteiger partial charge in [0.1, 0.15) is 6.10 Å². The minimum Gasteiger partial charge on any atom is -0.384 e. The van der Waals surface area contributed by atoms with Crippen LogP contribution in [-0.2, 0) is 11.3 Å². The molecule has 1 fully saturated rings. The second-order valence-electron chi connectivity index (χ2n) is 5.30. The van der Waals surface area contributed by atoms with Crippen molar-refractivity contribution in [1.82, 2.24) is 9.80 Å². The van der Waals surface area contributed by atoms with Crippen LogP contribution >= 0.6 is 15.9 Å². The van der Waals surface area contributed by atoms with E-state index in [1.165, 1.54) is 18.1 Å². The number of rotatable bonds is 3. The highest BCUT2D eigenvalue weighted by molar-refractivity contribution is 9.10. The lowest BCUT2D eigenvalue weighted by atomic mass is 10.1. The van der Waals surface area contributed by atoms with Crippen molar-refractivity contribution in [3.05, 3.63) is 33.8 Å². The topological polar surface area (TPSA) is 43.8 Å². The van der Waals surface area contributed by atoms with Gasteiger partial charge in [-0.3, -0.25) is 9.69 Å². The Morgan fingerprint density at radius 2 is 2.00 bits per heavy atom. The van der Waals surface area contributed by atoms with Crippen molar-refractivity contribution in [3.63, 3.8) is 0 Å². The Hall–Kier alpha value is -0.910. The van der Waals surface area contributed by atoms with Gasteiger partial charge >= 0.3 is 0 Å². The second kappa shape index (κ2) is 6.70. The van der Waals surface area contributed by atoms with Gasteiger partial charge in [-0.15, -0.1) is 0 Å². The van der Waals surface area contributed by atoms with Crippen LogP contribution in [0.4, 0.5) is 0 Å². The highest BCUT2D eigenvalue weighted by Gasteiger charge is 2.23. The van der Waals surface area contributed by atoms with E-state index in [4.69, 9.17) is 0 Å². The third-order valence-corrected chi connectivity index (χ3v) is 4.67. The summed E-state index contributed by atoms with van der Waals surface area (Å²) < 4.78 is 1.14. The summed E-state index contributed by atoms with van der Waals surface area (Å²) in [6.07, 6.45) is -0.895. The molecule has 1 N–H and O–H groups in total. The van der Waals surface area contributed by atoms with Gasteiger partial charge in [0, 0.05) is 37.2 Å². The number of amides is 1. The molecule has 1 aliphatic rings. The maximum absolute atomic E-state index is 11.7. The van der Waals surface area contributed by atoms with Crippen LogP contribution < -0.4 is 0 Å². The van der Waals surface area contributed by atoms with Crippen molar-refractivity contribution in [2.24, 2.45) is 0 Å². The number of carbonyl (C=O) groups excluding carboxylic acids is 1. The smallest absolute Gasteiger partial charge is 0.251 e. The fourth-order valence-corrected chi connectivity index (χ4v) is 2.86. The third-order valence-electron chi connectivity index (χ3n) is 3.82. The Labute approximate surface area is 128 Å². The lowest BCUT2D eigenvalue weighted by molar-refractivity contribution is -0.141. The fraction of sp³-hybridized carbons (Fsp3) is 0.533. The third kappa shape index (κ3) is 3.59. The first-order valence-electron chi connectivity index (χ1n) is 6.92. The molecule has 1 heterocycles. The van der Waals surface area contributed by atoms with Gasteiger partial charge in [0.15, 0.2) is 0 Å². The average Bonchev–Trinajstić information content (AvgIpc) is 2.44. The van der Waals surface area contributed by atoms with E-state index in [2.05, 4.69) is 46.0 Å². The maximum atomic E-state index is 11.7. The SMILES string of the molecule is Cc1c(Br)cccc1CN1CCN(C(=O)C(C)O)CC1. The quantitative estimate of drug-likeness (QED) is 0.912. The number of nitrogens with zero attached hydrogens (tertiary/aromatic N) is 2. The zero-order chi connectivity index (χ0) is 14.7. The predicted molar refractivity (Wildman–Crippen MR) is 82.4 cm³/mol. The molecule has 4 nitrogen and oxygen atoms in total. The van der Waals surface area contributed by atoms with Crippen molar-refractivity contribution in [2.45, 2.75) is 26.5 Å². The van der Waals surface area contributed by atoms with Gasteiger partial charge in [0.2, 0.25) is 0 Å². The fourth-order valence-electron chi connectivity index (χ4n) is 2.45. The zero-order valence-corrected chi connectivity index (χ0v) is 13.6. The van der Waals surface area contributed by atoms with Gasteiger partial charge < -0.3 is 10.0 Å². The van der Waals surface area contributed by atoms with Crippen molar-refractivity contribution in [2.75, 3.05) is 26.2 Å². The molecule has 0 radical (unpaired) electrons. The summed E-state index contributed by atoms with van der Waals surface area (Å²) in [7, 11) is 0. The molecule has 0 bridgehead atoms. The van der Waals surface area contributed by atoms with Crippen LogP contribution in [0, 0.1) is 6.92 Å². The Morgan fingerprint density at radius 3 is 2.60 bits per heavy atom. The first-order chi connectivity index (χ1) is 9.49. The summed E-state index contributed by atoms with van der Waals surface area (Å²) in [6.45, 7) is 7.64. The van der Waals surface area contributed by atoms with Crippen LogP contribution in [0.2, 0.25) is 0 Å². The monoisotopic (exact) mass is 340 g/mol. The standard InChI is InChI=1S/C15H21BrN2O2/c1-11-13(4-3-5-14(11)16)10-17-6-8-18(9-7-17)15(20)12(2)19/h3-5,12,19H,6-10H2,1-2H3. The van der Waals surface area contributed by atoms with E-state index in [-0.39, 0.29) is 5.91 Å². The van der Waals surface area contributed by atoms with Crippen LogP contribution in [0.15, 0.2) is 22.7 Å². The number of aliphatic hydroxyl groups is 1. The summed E-state index contributed by atoms with van der Waals surface area (Å²) in [5.41, 5.74) is 2.59. The van der Waals surface area contributed by atoms with Crippen LogP contribution in [-0.4, -0.2) is 53.1 Å². The molecule has 1 aliphatic heterocycles. The first kappa shape index (κ1) is 15.5. The largest absolute Gasteiger partial charge is 0.384 e. The number of carbonyl (C=O) groups is 1. The molecule has 5 heteroatoms. The van der Waals surface area contributed by atoms with Crippen LogP contribution in [0.5, 0.6) is 0 Å². The van der Waals surface area contributed by atoms with E-state index in [9.17, 15) is 9.90 Å². The first-order valence-corrected chi connectivity index (χ1v) is 7.71. The maximum Gasteiger partial charge on any atom is 0.251 e. The van der Waals surface area contributed by atoms with E-state index < -0.39 is 6.10 Å². The summed E-state index contributed by atoms with van der Waals surface area (Å²) >= 11 is 3.56. The highest BCUT2D eigenvalue weighted by atomic mass is 79.9. The van der Waals surface area contributed by atoms with Gasteiger partial charge in [-0.25, -0.2) is 0 Å². The van der Waals surface area contributed by atoms with Gasteiger partial charge in [-0.1, -0.05) is 28.1 Å². The van der Waals surface area contributed by atoms with E-state index in [0.717, 1.165) is 24.1 Å². The number of hydrogen-bond acceptors (Lipinski definition) is 3. The molecular formula is C15H21BrN2O2. The average molecular weight is 341 g/mol. The number of piperazine rings is 1. The van der Waals surface area contributed by atoms with Crippen molar-refractivity contribution >= 4 is 21.8 Å². The lowest BCUT2D eigenvalue weighted by Gasteiger charge is -2.35. The van der Waals surface area contributed by atoms with E-state index in [1.54, 1.807) is 4.90 Å². The molecule has 0 spiro atoms.